The van der Waals surface area contributed by atoms with Crippen LogP contribution in [0.2, 0.25) is 0 Å². The summed E-state index contributed by atoms with van der Waals surface area (Å²) in [5, 5.41) is 9.16. The number of hydrogen-bond acceptors (Lipinski definition) is 10. The number of carbonyl (C=O) groups excluding carboxylic acids is 1. The Morgan fingerprint density at radius 1 is 1.22 bits per heavy atom. The first kappa shape index (κ1) is 27.5. The first-order chi connectivity index (χ1) is 17.2. The van der Waals surface area contributed by atoms with Crippen molar-refractivity contribution in [3.63, 3.8) is 0 Å². The van der Waals surface area contributed by atoms with Crippen molar-refractivity contribution in [2.45, 2.75) is 55.2 Å². The highest BCUT2D eigenvalue weighted by atomic mass is 32.2. The molecule has 3 aromatic heterocycles. The predicted molar refractivity (Wildman–Crippen MR) is 129 cm³/mol. The minimum atomic E-state index is -4.81. The highest BCUT2D eigenvalue weighted by molar-refractivity contribution is 8.00. The quantitative estimate of drug-likeness (QED) is 0.415. The number of hydrogen-bond donors (Lipinski definition) is 1. The van der Waals surface area contributed by atoms with Crippen LogP contribution in [0.15, 0.2) is 27.2 Å². The van der Waals surface area contributed by atoms with Crippen LogP contribution in [-0.2, 0) is 32.3 Å². The van der Waals surface area contributed by atoms with Gasteiger partial charge in [0.2, 0.25) is 11.8 Å². The fourth-order valence-electron chi connectivity index (χ4n) is 3.41. The zero-order chi connectivity index (χ0) is 27.0. The third-order valence-electron chi connectivity index (χ3n) is 5.50. The summed E-state index contributed by atoms with van der Waals surface area (Å²) < 4.78 is 71.2. The first-order valence-electron chi connectivity index (χ1n) is 11.1. The summed E-state index contributed by atoms with van der Waals surface area (Å²) >= 11 is 2.77. The molecule has 11 nitrogen and oxygen atoms in total. The number of thioether (sulfide) groups is 1. The first-order valence-corrected chi connectivity index (χ1v) is 14.3. The normalized spacial score (nSPS) is 16.3. The molecular formula is C20H24F3N7O4S3. The van der Waals surface area contributed by atoms with Crippen LogP contribution in [0.4, 0.5) is 18.3 Å². The molecule has 1 N–H and O–H groups in total. The Morgan fingerprint density at radius 3 is 2.51 bits per heavy atom. The van der Waals surface area contributed by atoms with Crippen molar-refractivity contribution < 1.29 is 30.8 Å². The highest BCUT2D eigenvalue weighted by Gasteiger charge is 2.38. The minimum Gasteiger partial charge on any atom is -0.444 e. The summed E-state index contributed by atoms with van der Waals surface area (Å²) in [5.41, 5.74) is -1.54. The summed E-state index contributed by atoms with van der Waals surface area (Å²) in [4.78, 5) is 21.2. The second kappa shape index (κ2) is 10.3. The molecule has 3 aromatic rings. The van der Waals surface area contributed by atoms with E-state index in [1.165, 1.54) is 23.1 Å². The number of nitrogens with one attached hydrogen (secondary N) is 1. The van der Waals surface area contributed by atoms with Crippen LogP contribution in [0, 0.1) is 5.92 Å². The third kappa shape index (κ3) is 6.50. The fourth-order valence-corrected chi connectivity index (χ4v) is 6.41. The van der Waals surface area contributed by atoms with E-state index in [0.717, 1.165) is 14.3 Å². The molecule has 1 saturated heterocycles. The Morgan fingerprint density at radius 2 is 1.92 bits per heavy atom. The van der Waals surface area contributed by atoms with Crippen molar-refractivity contribution in [2.24, 2.45) is 5.92 Å². The lowest BCUT2D eigenvalue weighted by Gasteiger charge is -2.29. The van der Waals surface area contributed by atoms with Crippen molar-refractivity contribution in [1.29, 1.82) is 0 Å². The minimum absolute atomic E-state index is 0.0483. The number of rotatable bonds is 7. The molecule has 1 aliphatic rings. The highest BCUT2D eigenvalue weighted by Crippen LogP contribution is 2.33. The van der Waals surface area contributed by atoms with Gasteiger partial charge in [-0.25, -0.2) is 9.97 Å². The molecule has 0 atom stereocenters. The monoisotopic (exact) mass is 579 g/mol. The number of anilines is 1. The van der Waals surface area contributed by atoms with Gasteiger partial charge in [0.05, 0.1) is 28.6 Å². The zero-order valence-corrected chi connectivity index (χ0v) is 22.5. The van der Waals surface area contributed by atoms with Gasteiger partial charge in [0.15, 0.2) is 10.8 Å². The summed E-state index contributed by atoms with van der Waals surface area (Å²) in [6.07, 6.45) is -0.730. The molecule has 0 unspecified atom stereocenters. The van der Waals surface area contributed by atoms with Crippen molar-refractivity contribution in [2.75, 3.05) is 18.4 Å². The van der Waals surface area contributed by atoms with Gasteiger partial charge >= 0.3 is 16.4 Å². The summed E-state index contributed by atoms with van der Waals surface area (Å²) in [5.74, 6) is 1.12. The molecule has 1 aliphatic heterocycles. The standard InChI is InChI=1S/C20H24F3N7O4S3/c1-19(2,3)14-8-24-15(34-14)11-35-16-9-25-18(36-16)26-17(31)12-4-6-29(7-5-12)37(32,33)30-10-13(27-28-30)20(21,22)23/h8-10,12H,4-7,11H2,1-3H3,(H,25,26,31). The number of halogens is 3. The molecule has 0 bridgehead atoms. The molecule has 37 heavy (non-hydrogen) atoms. The average Bonchev–Trinajstić information content (AvgIpc) is 3.57. The van der Waals surface area contributed by atoms with Gasteiger partial charge < -0.3 is 9.73 Å². The Hall–Kier alpha value is -2.50. The number of alkyl halides is 3. The number of piperidine rings is 1. The Balaban J connectivity index is 1.27. The molecule has 17 heteroatoms. The van der Waals surface area contributed by atoms with E-state index in [1.807, 2.05) is 20.8 Å². The van der Waals surface area contributed by atoms with Crippen LogP contribution in [0.1, 0.15) is 51.0 Å². The van der Waals surface area contributed by atoms with Crippen molar-refractivity contribution in [1.82, 2.24) is 28.7 Å². The smallest absolute Gasteiger partial charge is 0.436 e. The maximum absolute atomic E-state index is 12.7. The molecule has 0 aromatic carbocycles. The molecule has 1 fully saturated rings. The summed E-state index contributed by atoms with van der Waals surface area (Å²) in [7, 11) is -4.32. The lowest BCUT2D eigenvalue weighted by Crippen LogP contribution is -2.43. The predicted octanol–water partition coefficient (Wildman–Crippen LogP) is 3.77. The van der Waals surface area contributed by atoms with Gasteiger partial charge in [-0.15, -0.1) is 20.9 Å². The lowest BCUT2D eigenvalue weighted by molar-refractivity contribution is -0.141. The molecule has 202 valence electrons. The van der Waals surface area contributed by atoms with Gasteiger partial charge in [-0.3, -0.25) is 4.79 Å². The van der Waals surface area contributed by atoms with E-state index in [1.54, 1.807) is 12.4 Å². The molecule has 0 aliphatic carbocycles. The molecule has 0 saturated carbocycles. The Labute approximate surface area is 219 Å². The second-order valence-electron chi connectivity index (χ2n) is 9.29. The fraction of sp³-hybridized carbons (Fsp3) is 0.550. The van der Waals surface area contributed by atoms with Gasteiger partial charge in [-0.2, -0.15) is 25.9 Å². The number of oxazole rings is 1. The number of thiazole rings is 1. The summed E-state index contributed by atoms with van der Waals surface area (Å²) in [6.45, 7) is 6.01. The van der Waals surface area contributed by atoms with Crippen molar-refractivity contribution >= 4 is 44.3 Å². The SMILES string of the molecule is CC(C)(C)c1cnc(CSc2cnc(NC(=O)C3CCN(S(=O)(=O)n4cc(C(F)(F)F)nn4)CC3)s2)o1. The van der Waals surface area contributed by atoms with Crippen LogP contribution in [-0.4, -0.2) is 56.1 Å². The maximum atomic E-state index is 12.7. The van der Waals surface area contributed by atoms with E-state index in [4.69, 9.17) is 4.42 Å². The van der Waals surface area contributed by atoms with Gasteiger partial charge in [-0.05, 0) is 12.8 Å². The molecular weight excluding hydrogens is 555 g/mol. The largest absolute Gasteiger partial charge is 0.444 e. The van der Waals surface area contributed by atoms with Crippen molar-refractivity contribution in [3.8, 4) is 0 Å². The van der Waals surface area contributed by atoms with Crippen LogP contribution in [0.3, 0.4) is 0 Å². The maximum Gasteiger partial charge on any atom is 0.436 e. The number of carbonyl (C=O) groups is 1. The topological polar surface area (TPSA) is 136 Å². The Bertz CT molecular complexity index is 1350. The van der Waals surface area contributed by atoms with Crippen LogP contribution in [0.25, 0.3) is 0 Å². The second-order valence-corrected chi connectivity index (χ2v) is 13.4. The van der Waals surface area contributed by atoms with Gasteiger partial charge in [-0.1, -0.05) is 37.3 Å². The molecule has 0 spiro atoms. The van der Waals surface area contributed by atoms with E-state index >= 15 is 0 Å². The van der Waals surface area contributed by atoms with Crippen molar-refractivity contribution in [3.05, 3.63) is 35.9 Å². The molecule has 4 heterocycles. The number of nitrogens with zero attached hydrogens (tertiary/aromatic N) is 6. The zero-order valence-electron chi connectivity index (χ0n) is 20.0. The van der Waals surface area contributed by atoms with Gasteiger partial charge in [0.1, 0.15) is 5.76 Å². The van der Waals surface area contributed by atoms with E-state index in [9.17, 15) is 26.4 Å². The number of amides is 1. The van der Waals surface area contributed by atoms with Gasteiger partial charge in [0, 0.05) is 24.4 Å². The average molecular weight is 580 g/mol. The number of aromatic nitrogens is 5. The van der Waals surface area contributed by atoms with Gasteiger partial charge in [0.25, 0.3) is 0 Å². The van der Waals surface area contributed by atoms with Crippen LogP contribution >= 0.6 is 23.1 Å². The third-order valence-corrected chi connectivity index (χ3v) is 9.26. The van der Waals surface area contributed by atoms with E-state index in [-0.39, 0.29) is 41.3 Å². The van der Waals surface area contributed by atoms with E-state index in [0.29, 0.717) is 23.0 Å². The van der Waals surface area contributed by atoms with E-state index < -0.39 is 28.0 Å². The molecule has 4 rings (SSSR count). The van der Waals surface area contributed by atoms with E-state index in [2.05, 4.69) is 25.6 Å². The lowest BCUT2D eigenvalue weighted by atomic mass is 9.94. The van der Waals surface area contributed by atoms with Crippen LogP contribution < -0.4 is 5.32 Å². The Kier molecular flexibility index (Phi) is 7.69. The molecule has 0 radical (unpaired) electrons. The molecule has 1 amide bonds. The van der Waals surface area contributed by atoms with Crippen LogP contribution in [0.5, 0.6) is 0 Å². The summed E-state index contributed by atoms with van der Waals surface area (Å²) in [6, 6.07) is 0.